The number of aliphatic carboxylic acids is 1. The average molecular weight is 207 g/mol. The van der Waals surface area contributed by atoms with Crippen LogP contribution in [0.15, 0.2) is 18.2 Å². The van der Waals surface area contributed by atoms with E-state index in [0.717, 1.165) is 5.69 Å². The molecule has 2 rings (SSSR count). The van der Waals surface area contributed by atoms with E-state index in [-0.39, 0.29) is 11.8 Å². The first-order valence-corrected chi connectivity index (χ1v) is 4.90. The van der Waals surface area contributed by atoms with Crippen LogP contribution in [0.5, 0.6) is 5.75 Å². The summed E-state index contributed by atoms with van der Waals surface area (Å²) in [6.07, 6.45) is 0.547. The predicted molar refractivity (Wildman–Crippen MR) is 56.2 cm³/mol. The third-order valence-corrected chi connectivity index (χ3v) is 2.70. The Hall–Kier alpha value is -1.71. The van der Waals surface area contributed by atoms with Crippen molar-refractivity contribution >= 4 is 11.7 Å². The molecular weight excluding hydrogens is 194 g/mol. The van der Waals surface area contributed by atoms with Crippen LogP contribution < -0.4 is 5.32 Å². The zero-order valence-corrected chi connectivity index (χ0v) is 8.40. The van der Waals surface area contributed by atoms with Gasteiger partial charge in [-0.1, -0.05) is 0 Å². The van der Waals surface area contributed by atoms with E-state index in [1.807, 2.05) is 6.92 Å². The van der Waals surface area contributed by atoms with E-state index in [1.165, 1.54) is 6.07 Å². The van der Waals surface area contributed by atoms with Crippen molar-refractivity contribution in [3.8, 4) is 5.75 Å². The van der Waals surface area contributed by atoms with Crippen LogP contribution in [-0.4, -0.2) is 22.2 Å². The van der Waals surface area contributed by atoms with Crippen LogP contribution in [0.1, 0.15) is 24.8 Å². The maximum atomic E-state index is 11.1. The number of nitrogens with one attached hydrogen (secondary N) is 1. The highest BCUT2D eigenvalue weighted by atomic mass is 16.4. The van der Waals surface area contributed by atoms with E-state index in [1.54, 1.807) is 12.1 Å². The lowest BCUT2D eigenvalue weighted by atomic mass is 9.87. The van der Waals surface area contributed by atoms with Gasteiger partial charge in [-0.15, -0.1) is 0 Å². The Kier molecular flexibility index (Phi) is 2.26. The summed E-state index contributed by atoms with van der Waals surface area (Å²) in [5, 5.41) is 21.6. The summed E-state index contributed by atoms with van der Waals surface area (Å²) in [5.74, 6) is -1.25. The van der Waals surface area contributed by atoms with Gasteiger partial charge in [-0.05, 0) is 37.1 Å². The van der Waals surface area contributed by atoms with E-state index in [0.29, 0.717) is 12.0 Å². The van der Waals surface area contributed by atoms with Gasteiger partial charge >= 0.3 is 5.97 Å². The third-order valence-electron chi connectivity index (χ3n) is 2.70. The molecule has 1 aliphatic rings. The molecule has 1 heterocycles. The number of carboxylic acid groups (broad SMARTS) is 1. The molecule has 15 heavy (non-hydrogen) atoms. The standard InChI is InChI=1S/C11H13NO3/c1-6-4-9(11(14)15)8-5-7(13)2-3-10(8)12-6/h2-3,5-6,9,12-13H,4H2,1H3,(H,14,15). The molecule has 3 N–H and O–H groups in total. The maximum Gasteiger partial charge on any atom is 0.311 e. The van der Waals surface area contributed by atoms with E-state index < -0.39 is 11.9 Å². The lowest BCUT2D eigenvalue weighted by Crippen LogP contribution is -2.29. The molecule has 0 saturated carbocycles. The Morgan fingerprint density at radius 3 is 2.93 bits per heavy atom. The molecule has 80 valence electrons. The lowest BCUT2D eigenvalue weighted by molar-refractivity contribution is -0.139. The van der Waals surface area contributed by atoms with Gasteiger partial charge in [-0.25, -0.2) is 0 Å². The lowest BCUT2D eigenvalue weighted by Gasteiger charge is -2.29. The van der Waals surface area contributed by atoms with E-state index in [4.69, 9.17) is 5.11 Å². The molecule has 0 spiro atoms. The summed E-state index contributed by atoms with van der Waals surface area (Å²) in [6.45, 7) is 1.95. The minimum absolute atomic E-state index is 0.108. The van der Waals surface area contributed by atoms with Crippen molar-refractivity contribution in [3.63, 3.8) is 0 Å². The van der Waals surface area contributed by atoms with Gasteiger partial charge in [-0.3, -0.25) is 4.79 Å². The second kappa shape index (κ2) is 3.46. The van der Waals surface area contributed by atoms with Gasteiger partial charge in [0.05, 0.1) is 5.92 Å². The van der Waals surface area contributed by atoms with Crippen molar-refractivity contribution in [2.75, 3.05) is 5.32 Å². The highest BCUT2D eigenvalue weighted by Crippen LogP contribution is 2.36. The van der Waals surface area contributed by atoms with Gasteiger partial charge < -0.3 is 15.5 Å². The van der Waals surface area contributed by atoms with Gasteiger partial charge in [-0.2, -0.15) is 0 Å². The number of carbonyl (C=O) groups is 1. The summed E-state index contributed by atoms with van der Waals surface area (Å²) in [5.41, 5.74) is 1.47. The second-order valence-corrected chi connectivity index (χ2v) is 3.94. The average Bonchev–Trinajstić information content (AvgIpc) is 2.17. The number of hydrogen-bond donors (Lipinski definition) is 3. The zero-order valence-electron chi connectivity index (χ0n) is 8.40. The maximum absolute atomic E-state index is 11.1. The summed E-state index contributed by atoms with van der Waals surface area (Å²) in [7, 11) is 0. The molecule has 2 unspecified atom stereocenters. The highest BCUT2D eigenvalue weighted by Gasteiger charge is 2.29. The number of anilines is 1. The van der Waals surface area contributed by atoms with E-state index in [2.05, 4.69) is 5.32 Å². The van der Waals surface area contributed by atoms with Crippen LogP contribution in [0.2, 0.25) is 0 Å². The number of phenols is 1. The second-order valence-electron chi connectivity index (χ2n) is 3.94. The number of benzene rings is 1. The Morgan fingerprint density at radius 1 is 1.53 bits per heavy atom. The fourth-order valence-corrected chi connectivity index (χ4v) is 2.01. The van der Waals surface area contributed by atoms with Crippen LogP contribution in [-0.2, 0) is 4.79 Å². The monoisotopic (exact) mass is 207 g/mol. The molecule has 0 aromatic heterocycles. The minimum atomic E-state index is -0.838. The number of carboxylic acids is 1. The van der Waals surface area contributed by atoms with Gasteiger partial charge in [0.1, 0.15) is 5.75 Å². The Morgan fingerprint density at radius 2 is 2.27 bits per heavy atom. The van der Waals surface area contributed by atoms with Crippen LogP contribution in [0.25, 0.3) is 0 Å². The van der Waals surface area contributed by atoms with Crippen LogP contribution in [0.3, 0.4) is 0 Å². The van der Waals surface area contributed by atoms with Crippen molar-refractivity contribution in [3.05, 3.63) is 23.8 Å². The first-order valence-electron chi connectivity index (χ1n) is 4.90. The van der Waals surface area contributed by atoms with Gasteiger partial charge in [0.2, 0.25) is 0 Å². The van der Waals surface area contributed by atoms with Crippen LogP contribution in [0, 0.1) is 0 Å². The Balaban J connectivity index is 2.47. The van der Waals surface area contributed by atoms with Crippen molar-refractivity contribution in [1.29, 1.82) is 0 Å². The zero-order chi connectivity index (χ0) is 11.0. The predicted octanol–water partition coefficient (Wildman–Crippen LogP) is 1.76. The molecule has 0 saturated heterocycles. The first-order chi connectivity index (χ1) is 7.08. The van der Waals surface area contributed by atoms with Gasteiger partial charge in [0, 0.05) is 11.7 Å². The van der Waals surface area contributed by atoms with E-state index >= 15 is 0 Å². The Bertz CT molecular complexity index is 403. The quantitative estimate of drug-likeness (QED) is 0.614. The molecule has 1 aromatic rings. The number of rotatable bonds is 1. The number of phenolic OH excluding ortho intramolecular Hbond substituents is 1. The molecule has 0 aliphatic carbocycles. The van der Waals surface area contributed by atoms with Crippen molar-refractivity contribution in [1.82, 2.24) is 0 Å². The van der Waals surface area contributed by atoms with Crippen molar-refractivity contribution in [2.24, 2.45) is 0 Å². The van der Waals surface area contributed by atoms with Crippen molar-refractivity contribution < 1.29 is 15.0 Å². The topological polar surface area (TPSA) is 69.6 Å². The molecule has 4 heteroatoms. The molecule has 4 nitrogen and oxygen atoms in total. The molecule has 0 bridgehead atoms. The highest BCUT2D eigenvalue weighted by molar-refractivity contribution is 5.80. The summed E-state index contributed by atoms with van der Waals surface area (Å²) < 4.78 is 0. The fourth-order valence-electron chi connectivity index (χ4n) is 2.01. The number of hydrogen-bond acceptors (Lipinski definition) is 3. The van der Waals surface area contributed by atoms with Crippen LogP contribution >= 0.6 is 0 Å². The van der Waals surface area contributed by atoms with Crippen LogP contribution in [0.4, 0.5) is 5.69 Å². The summed E-state index contributed by atoms with van der Waals surface area (Å²) in [6, 6.07) is 4.94. The molecule has 1 aromatic carbocycles. The first kappa shape index (κ1) is 9.83. The van der Waals surface area contributed by atoms with Gasteiger partial charge in [0.25, 0.3) is 0 Å². The molecule has 1 aliphatic heterocycles. The number of fused-ring (bicyclic) bond motifs is 1. The van der Waals surface area contributed by atoms with Crippen molar-refractivity contribution in [2.45, 2.75) is 25.3 Å². The molecule has 2 atom stereocenters. The fraction of sp³-hybridized carbons (Fsp3) is 0.364. The molecular formula is C11H13NO3. The third kappa shape index (κ3) is 1.75. The largest absolute Gasteiger partial charge is 0.508 e. The minimum Gasteiger partial charge on any atom is -0.508 e. The Labute approximate surface area is 87.6 Å². The molecule has 0 fully saturated rings. The SMILES string of the molecule is CC1CC(C(=O)O)c2cc(O)ccc2N1. The normalized spacial score (nSPS) is 24.1. The number of aromatic hydroxyl groups is 1. The van der Waals surface area contributed by atoms with Gasteiger partial charge in [0.15, 0.2) is 0 Å². The smallest absolute Gasteiger partial charge is 0.311 e. The summed E-state index contributed by atoms with van der Waals surface area (Å²) >= 11 is 0. The molecule has 0 radical (unpaired) electrons. The van der Waals surface area contributed by atoms with E-state index in [9.17, 15) is 9.90 Å². The molecule has 0 amide bonds. The summed E-state index contributed by atoms with van der Waals surface area (Å²) in [4.78, 5) is 11.1.